The van der Waals surface area contributed by atoms with Crippen molar-refractivity contribution in [3.8, 4) is 5.75 Å². The van der Waals surface area contributed by atoms with Crippen molar-refractivity contribution in [1.82, 2.24) is 0 Å². The van der Waals surface area contributed by atoms with Crippen LogP contribution in [0.4, 0.5) is 0 Å². The molecule has 1 aliphatic heterocycles. The Hall–Kier alpha value is -1.02. The van der Waals surface area contributed by atoms with E-state index in [1.807, 2.05) is 6.07 Å². The smallest absolute Gasteiger partial charge is 0.122 e. The van der Waals surface area contributed by atoms with Crippen molar-refractivity contribution in [3.63, 3.8) is 0 Å². The van der Waals surface area contributed by atoms with E-state index in [4.69, 9.17) is 9.47 Å². The van der Waals surface area contributed by atoms with Gasteiger partial charge in [0.15, 0.2) is 0 Å². The van der Waals surface area contributed by atoms with Crippen LogP contribution in [0.1, 0.15) is 30.1 Å². The molecule has 1 heterocycles. The Balaban J connectivity index is 2.09. The summed E-state index contributed by atoms with van der Waals surface area (Å²) in [7, 11) is 1.74. The molecule has 2 atom stereocenters. The monoisotopic (exact) mass is 190 g/mol. The van der Waals surface area contributed by atoms with Gasteiger partial charge in [-0.05, 0) is 36.5 Å². The van der Waals surface area contributed by atoms with Gasteiger partial charge in [0, 0.05) is 0 Å². The van der Waals surface area contributed by atoms with E-state index < -0.39 is 0 Å². The second-order valence-corrected chi connectivity index (χ2v) is 4.02. The Bertz CT molecular complexity index is 359. The number of hydrogen-bond donors (Lipinski definition) is 0. The third kappa shape index (κ3) is 1.14. The van der Waals surface area contributed by atoms with Crippen LogP contribution in [0.3, 0.4) is 0 Å². The third-order valence-electron chi connectivity index (χ3n) is 3.19. The van der Waals surface area contributed by atoms with Gasteiger partial charge in [-0.2, -0.15) is 0 Å². The van der Waals surface area contributed by atoms with E-state index in [0.717, 1.165) is 12.2 Å². The van der Waals surface area contributed by atoms with Gasteiger partial charge in [-0.1, -0.05) is 12.1 Å². The lowest BCUT2D eigenvalue weighted by Crippen LogP contribution is -1.96. The van der Waals surface area contributed by atoms with Crippen molar-refractivity contribution in [2.24, 2.45) is 0 Å². The average molecular weight is 190 g/mol. The van der Waals surface area contributed by atoms with Crippen LogP contribution in [0.2, 0.25) is 0 Å². The minimum absolute atomic E-state index is 0.364. The largest absolute Gasteiger partial charge is 0.496 e. The molecule has 0 amide bonds. The molecule has 1 fully saturated rings. The van der Waals surface area contributed by atoms with Crippen molar-refractivity contribution >= 4 is 0 Å². The molecule has 0 spiro atoms. The summed E-state index contributed by atoms with van der Waals surface area (Å²) in [5.41, 5.74) is 2.71. The van der Waals surface area contributed by atoms with E-state index in [1.54, 1.807) is 7.11 Å². The zero-order chi connectivity index (χ0) is 9.54. The van der Waals surface area contributed by atoms with Gasteiger partial charge in [0.05, 0.1) is 13.2 Å². The van der Waals surface area contributed by atoms with Crippen LogP contribution < -0.4 is 4.74 Å². The van der Waals surface area contributed by atoms with E-state index in [0.29, 0.717) is 12.2 Å². The van der Waals surface area contributed by atoms with Crippen LogP contribution in [0.15, 0.2) is 18.2 Å². The first kappa shape index (κ1) is 8.30. The molecule has 0 radical (unpaired) electrons. The molecule has 1 aromatic rings. The highest BCUT2D eigenvalue weighted by Gasteiger charge is 2.42. The minimum atomic E-state index is 0.364. The van der Waals surface area contributed by atoms with Gasteiger partial charge in [-0.3, -0.25) is 0 Å². The fourth-order valence-electron chi connectivity index (χ4n) is 2.42. The number of methoxy groups -OCH3 is 1. The summed E-state index contributed by atoms with van der Waals surface area (Å²) in [5.74, 6) is 1.03. The summed E-state index contributed by atoms with van der Waals surface area (Å²) in [6.07, 6.45) is 4.40. The number of benzene rings is 1. The molecule has 0 aromatic heterocycles. The Labute approximate surface area is 83.8 Å². The lowest BCUT2D eigenvalue weighted by molar-refractivity contribution is 0.353. The molecule has 3 rings (SSSR count). The van der Waals surface area contributed by atoms with E-state index in [2.05, 4.69) is 12.1 Å². The zero-order valence-electron chi connectivity index (χ0n) is 8.32. The molecule has 1 aliphatic carbocycles. The Kier molecular flexibility index (Phi) is 1.77. The van der Waals surface area contributed by atoms with Crippen LogP contribution in [-0.4, -0.2) is 13.2 Å². The van der Waals surface area contributed by atoms with Crippen molar-refractivity contribution in [2.45, 2.75) is 31.5 Å². The van der Waals surface area contributed by atoms with Crippen LogP contribution in [0.5, 0.6) is 5.75 Å². The molecule has 74 valence electrons. The first-order chi connectivity index (χ1) is 6.90. The molecule has 0 N–H and O–H groups in total. The van der Waals surface area contributed by atoms with Crippen LogP contribution >= 0.6 is 0 Å². The van der Waals surface area contributed by atoms with Gasteiger partial charge in [0.2, 0.25) is 0 Å². The predicted octanol–water partition coefficient (Wildman–Crippen LogP) is 2.47. The average Bonchev–Trinajstić information content (AvgIpc) is 2.96. The number of epoxide rings is 1. The molecular weight excluding hydrogens is 176 g/mol. The molecule has 1 saturated heterocycles. The maximum absolute atomic E-state index is 5.63. The maximum atomic E-state index is 5.63. The zero-order valence-corrected chi connectivity index (χ0v) is 8.32. The fraction of sp³-hybridized carbons (Fsp3) is 0.500. The van der Waals surface area contributed by atoms with Gasteiger partial charge in [0.25, 0.3) is 0 Å². The number of fused-ring (bicyclic) bond motifs is 3. The predicted molar refractivity (Wildman–Crippen MR) is 53.5 cm³/mol. The van der Waals surface area contributed by atoms with E-state index >= 15 is 0 Å². The van der Waals surface area contributed by atoms with Crippen molar-refractivity contribution in [3.05, 3.63) is 29.3 Å². The lowest BCUT2D eigenvalue weighted by atomic mass is 10.0. The molecule has 1 aromatic carbocycles. The molecule has 2 unspecified atom stereocenters. The molecule has 0 saturated carbocycles. The van der Waals surface area contributed by atoms with Crippen molar-refractivity contribution < 1.29 is 9.47 Å². The van der Waals surface area contributed by atoms with Gasteiger partial charge in [-0.25, -0.2) is 0 Å². The van der Waals surface area contributed by atoms with Crippen LogP contribution in [0, 0.1) is 0 Å². The highest BCUT2D eigenvalue weighted by molar-refractivity contribution is 5.44. The molecule has 14 heavy (non-hydrogen) atoms. The normalized spacial score (nSPS) is 28.6. The van der Waals surface area contributed by atoms with Crippen molar-refractivity contribution in [2.75, 3.05) is 7.11 Å². The molecule has 2 aliphatic rings. The molecule has 2 heteroatoms. The second kappa shape index (κ2) is 2.99. The summed E-state index contributed by atoms with van der Waals surface area (Å²) in [6, 6.07) is 6.27. The summed E-state index contributed by atoms with van der Waals surface area (Å²) < 4.78 is 11.0. The van der Waals surface area contributed by atoms with Crippen LogP contribution in [0.25, 0.3) is 0 Å². The number of ether oxygens (including phenoxy) is 2. The number of hydrogen-bond acceptors (Lipinski definition) is 2. The molecular formula is C12H14O2. The van der Waals surface area contributed by atoms with Crippen molar-refractivity contribution in [1.29, 1.82) is 0 Å². The van der Waals surface area contributed by atoms with E-state index in [1.165, 1.54) is 24.0 Å². The molecule has 0 bridgehead atoms. The minimum Gasteiger partial charge on any atom is -0.496 e. The maximum Gasteiger partial charge on any atom is 0.122 e. The number of rotatable bonds is 1. The Morgan fingerprint density at radius 3 is 3.21 bits per heavy atom. The topological polar surface area (TPSA) is 21.8 Å². The SMILES string of the molecule is COc1cccc2c1CCCC1OC21. The Morgan fingerprint density at radius 1 is 1.43 bits per heavy atom. The highest BCUT2D eigenvalue weighted by atomic mass is 16.6. The highest BCUT2D eigenvalue weighted by Crippen LogP contribution is 2.47. The summed E-state index contributed by atoms with van der Waals surface area (Å²) in [4.78, 5) is 0. The standard InChI is InChI=1S/C12H14O2/c1-13-10-6-3-5-9-8(10)4-2-7-11-12(9)14-11/h3,5-6,11-12H,2,4,7H2,1H3. The van der Waals surface area contributed by atoms with E-state index in [9.17, 15) is 0 Å². The fourth-order valence-corrected chi connectivity index (χ4v) is 2.42. The first-order valence-corrected chi connectivity index (χ1v) is 5.21. The second-order valence-electron chi connectivity index (χ2n) is 4.02. The van der Waals surface area contributed by atoms with Gasteiger partial charge < -0.3 is 9.47 Å². The summed E-state index contributed by atoms with van der Waals surface area (Å²) in [5, 5.41) is 0. The van der Waals surface area contributed by atoms with Gasteiger partial charge in [0.1, 0.15) is 11.9 Å². The first-order valence-electron chi connectivity index (χ1n) is 5.21. The summed E-state index contributed by atoms with van der Waals surface area (Å²) in [6.45, 7) is 0. The Morgan fingerprint density at radius 2 is 2.36 bits per heavy atom. The van der Waals surface area contributed by atoms with Gasteiger partial charge >= 0.3 is 0 Å². The molecule has 2 nitrogen and oxygen atoms in total. The summed E-state index contributed by atoms with van der Waals surface area (Å²) >= 11 is 0. The third-order valence-corrected chi connectivity index (χ3v) is 3.19. The van der Waals surface area contributed by atoms with E-state index in [-0.39, 0.29) is 0 Å². The van der Waals surface area contributed by atoms with Crippen LogP contribution in [-0.2, 0) is 11.2 Å². The van der Waals surface area contributed by atoms with Gasteiger partial charge in [-0.15, -0.1) is 0 Å². The lowest BCUT2D eigenvalue weighted by Gasteiger charge is -2.10. The quantitative estimate of drug-likeness (QED) is 0.634.